The number of hydrogen-bond donors (Lipinski definition) is 0. The molecule has 0 bridgehead atoms. The molecule has 0 unspecified atom stereocenters. The van der Waals surface area contributed by atoms with Crippen molar-refractivity contribution in [1.29, 1.82) is 0 Å². The summed E-state index contributed by atoms with van der Waals surface area (Å²) in [5, 5.41) is 1.84. The third-order valence-electron chi connectivity index (χ3n) is 5.54. The van der Waals surface area contributed by atoms with Gasteiger partial charge in [-0.05, 0) is 52.7 Å². The molecule has 6 aromatic rings. The number of thiazole rings is 1. The largest absolute Gasteiger partial charge is 0.423 e. The lowest BCUT2D eigenvalue weighted by molar-refractivity contribution is 0.0737. The zero-order chi connectivity index (χ0) is 22.4. The van der Waals surface area contributed by atoms with E-state index < -0.39 is 5.97 Å². The van der Waals surface area contributed by atoms with Gasteiger partial charge in [-0.3, -0.25) is 4.79 Å². The number of ether oxygens (including phenoxy) is 1. The topological polar surface area (TPSA) is 60.7 Å². The quantitative estimate of drug-likeness (QED) is 0.287. The first kappa shape index (κ1) is 19.4. The normalized spacial score (nSPS) is 12.1. The third-order valence-corrected chi connectivity index (χ3v) is 6.51. The first-order valence-electron chi connectivity index (χ1n) is 10.4. The predicted molar refractivity (Wildman–Crippen MR) is 131 cm³/mol. The molecule has 2 heterocycles. The van der Waals surface area contributed by atoms with E-state index in [1.165, 1.54) is 11.3 Å². The molecule has 0 aliphatic carbocycles. The molecule has 158 valence electrons. The Labute approximate surface area is 191 Å². The van der Waals surface area contributed by atoms with Gasteiger partial charge in [0.2, 0.25) is 0 Å². The lowest BCUT2D eigenvalue weighted by atomic mass is 10.0. The van der Waals surface area contributed by atoms with E-state index in [9.17, 15) is 9.59 Å². The average Bonchev–Trinajstić information content (AvgIpc) is 3.36. The maximum absolute atomic E-state index is 12.9. The number of para-hydroxylation sites is 2. The van der Waals surface area contributed by atoms with Crippen molar-refractivity contribution in [2.45, 2.75) is 0 Å². The Morgan fingerprint density at radius 2 is 1.64 bits per heavy atom. The van der Waals surface area contributed by atoms with Crippen LogP contribution in [0.3, 0.4) is 0 Å². The van der Waals surface area contributed by atoms with Crippen LogP contribution in [0.2, 0.25) is 0 Å². The Balaban J connectivity index is 1.29. The van der Waals surface area contributed by atoms with Gasteiger partial charge in [-0.2, -0.15) is 0 Å². The van der Waals surface area contributed by atoms with Gasteiger partial charge >= 0.3 is 5.97 Å². The fourth-order valence-corrected chi connectivity index (χ4v) is 4.95. The molecule has 0 atom stereocenters. The van der Waals surface area contributed by atoms with Gasteiger partial charge in [0.15, 0.2) is 4.96 Å². The Bertz CT molecular complexity index is 1780. The molecule has 33 heavy (non-hydrogen) atoms. The summed E-state index contributed by atoms with van der Waals surface area (Å²) in [6.07, 6.45) is 1.83. The number of carbonyl (C=O) groups excluding carboxylic acids is 1. The van der Waals surface area contributed by atoms with Crippen molar-refractivity contribution in [3.63, 3.8) is 0 Å². The monoisotopic (exact) mass is 448 g/mol. The number of nitrogens with zero attached hydrogens (tertiary/aromatic N) is 2. The van der Waals surface area contributed by atoms with E-state index in [1.807, 2.05) is 78.9 Å². The minimum absolute atomic E-state index is 0.0878. The molecule has 0 saturated carbocycles. The SMILES string of the molecule is O=C(Oc1ccc(C=c2sc3nc4ccccc4n3c2=O)cc1)c1cccc2ccccc12. The van der Waals surface area contributed by atoms with Crippen molar-refractivity contribution in [3.05, 3.63) is 117 Å². The molecule has 0 aliphatic heterocycles. The van der Waals surface area contributed by atoms with Crippen LogP contribution in [-0.4, -0.2) is 15.4 Å². The minimum atomic E-state index is -0.406. The molecule has 4 aromatic carbocycles. The highest BCUT2D eigenvalue weighted by Gasteiger charge is 2.13. The van der Waals surface area contributed by atoms with Crippen molar-refractivity contribution in [2.75, 3.05) is 0 Å². The zero-order valence-corrected chi connectivity index (χ0v) is 18.1. The molecule has 0 aliphatic rings. The summed E-state index contributed by atoms with van der Waals surface area (Å²) in [5.41, 5.74) is 2.89. The Morgan fingerprint density at radius 3 is 2.52 bits per heavy atom. The maximum Gasteiger partial charge on any atom is 0.344 e. The molecule has 2 aromatic heterocycles. The van der Waals surface area contributed by atoms with Gasteiger partial charge in [-0.15, -0.1) is 0 Å². The van der Waals surface area contributed by atoms with Crippen LogP contribution < -0.4 is 14.8 Å². The summed E-state index contributed by atoms with van der Waals surface area (Å²) in [6.45, 7) is 0. The van der Waals surface area contributed by atoms with Gasteiger partial charge in [0, 0.05) is 0 Å². The van der Waals surface area contributed by atoms with Crippen molar-refractivity contribution in [1.82, 2.24) is 9.38 Å². The molecule has 6 rings (SSSR count). The highest BCUT2D eigenvalue weighted by Crippen LogP contribution is 2.21. The van der Waals surface area contributed by atoms with Crippen LogP contribution in [0.1, 0.15) is 15.9 Å². The Morgan fingerprint density at radius 1 is 0.879 bits per heavy atom. The van der Waals surface area contributed by atoms with Gasteiger partial charge in [0.05, 0.1) is 21.1 Å². The lowest BCUT2D eigenvalue weighted by Crippen LogP contribution is -2.22. The van der Waals surface area contributed by atoms with E-state index in [4.69, 9.17) is 4.74 Å². The lowest BCUT2D eigenvalue weighted by Gasteiger charge is -2.07. The summed E-state index contributed by atoms with van der Waals surface area (Å²) in [7, 11) is 0. The minimum Gasteiger partial charge on any atom is -0.423 e. The number of hydrogen-bond acceptors (Lipinski definition) is 5. The van der Waals surface area contributed by atoms with Crippen LogP contribution in [0.5, 0.6) is 5.75 Å². The highest BCUT2D eigenvalue weighted by atomic mass is 32.1. The van der Waals surface area contributed by atoms with Gasteiger partial charge in [0.1, 0.15) is 5.75 Å². The van der Waals surface area contributed by atoms with Crippen LogP contribution in [0.15, 0.2) is 95.8 Å². The standard InChI is InChI=1S/C27H16N2O3S/c30-25-24(33-27-28-22-10-3-4-11-23(22)29(25)27)16-17-12-14-19(15-13-17)32-26(31)21-9-5-7-18-6-1-2-8-20(18)21/h1-16H. The van der Waals surface area contributed by atoms with E-state index in [1.54, 1.807) is 22.6 Å². The second-order valence-electron chi connectivity index (χ2n) is 7.62. The van der Waals surface area contributed by atoms with Crippen LogP contribution >= 0.6 is 11.3 Å². The van der Waals surface area contributed by atoms with Crippen molar-refractivity contribution >= 4 is 50.1 Å². The smallest absolute Gasteiger partial charge is 0.344 e. The molecule has 0 radical (unpaired) electrons. The molecule has 0 fully saturated rings. The number of fused-ring (bicyclic) bond motifs is 4. The van der Waals surface area contributed by atoms with Crippen LogP contribution in [0.4, 0.5) is 0 Å². The Hall–Kier alpha value is -4.29. The zero-order valence-electron chi connectivity index (χ0n) is 17.3. The number of rotatable bonds is 3. The second-order valence-corrected chi connectivity index (χ2v) is 8.63. The summed E-state index contributed by atoms with van der Waals surface area (Å²) in [4.78, 5) is 30.9. The van der Waals surface area contributed by atoms with Crippen LogP contribution in [0, 0.1) is 0 Å². The van der Waals surface area contributed by atoms with Crippen molar-refractivity contribution in [2.24, 2.45) is 0 Å². The Kier molecular flexibility index (Phi) is 4.52. The van der Waals surface area contributed by atoms with Crippen LogP contribution in [0.25, 0.3) is 32.8 Å². The molecule has 0 saturated heterocycles. The number of benzene rings is 4. The molecule has 0 spiro atoms. The van der Waals surface area contributed by atoms with E-state index in [0.717, 1.165) is 27.4 Å². The molecule has 5 nitrogen and oxygen atoms in total. The predicted octanol–water partition coefficient (Wildman–Crippen LogP) is 4.83. The number of imidazole rings is 1. The molecule has 0 amide bonds. The molecular formula is C27H16N2O3S. The number of aromatic nitrogens is 2. The molecule has 6 heteroatoms. The fourth-order valence-electron chi connectivity index (χ4n) is 3.96. The summed E-state index contributed by atoms with van der Waals surface area (Å²) < 4.78 is 7.84. The van der Waals surface area contributed by atoms with E-state index in [0.29, 0.717) is 20.8 Å². The van der Waals surface area contributed by atoms with Gasteiger partial charge < -0.3 is 4.74 Å². The van der Waals surface area contributed by atoms with E-state index >= 15 is 0 Å². The maximum atomic E-state index is 12.9. The number of esters is 1. The van der Waals surface area contributed by atoms with Crippen molar-refractivity contribution < 1.29 is 9.53 Å². The average molecular weight is 449 g/mol. The summed E-state index contributed by atoms with van der Waals surface area (Å²) in [6, 6.07) is 28.0. The molecule has 0 N–H and O–H groups in total. The molecular weight excluding hydrogens is 432 g/mol. The summed E-state index contributed by atoms with van der Waals surface area (Å²) in [5.74, 6) is 0.0381. The van der Waals surface area contributed by atoms with Gasteiger partial charge in [-0.25, -0.2) is 14.2 Å². The van der Waals surface area contributed by atoms with E-state index in [2.05, 4.69) is 4.98 Å². The van der Waals surface area contributed by atoms with E-state index in [-0.39, 0.29) is 5.56 Å². The first-order chi connectivity index (χ1) is 16.2. The number of carbonyl (C=O) groups is 1. The fraction of sp³-hybridized carbons (Fsp3) is 0. The first-order valence-corrected chi connectivity index (χ1v) is 11.2. The van der Waals surface area contributed by atoms with Gasteiger partial charge in [-0.1, -0.05) is 72.0 Å². The summed E-state index contributed by atoms with van der Waals surface area (Å²) >= 11 is 1.36. The van der Waals surface area contributed by atoms with Crippen LogP contribution in [-0.2, 0) is 0 Å². The van der Waals surface area contributed by atoms with Gasteiger partial charge in [0.25, 0.3) is 5.56 Å². The third kappa shape index (κ3) is 3.37. The highest BCUT2D eigenvalue weighted by molar-refractivity contribution is 7.15. The second kappa shape index (κ2) is 7.69. The van der Waals surface area contributed by atoms with Crippen molar-refractivity contribution in [3.8, 4) is 5.75 Å².